The molecule has 0 radical (unpaired) electrons. The molecule has 1 atom stereocenters. The standard InChI is InChI=1S/C15H20ClN3/c1-2-8-19(14-4-3-7-18-11-14)15-9-13(16)6-5-12(15)10-17/h5-6,9,14,18H,2-4,7-8,11H2,1H3. The van der Waals surface area contributed by atoms with E-state index in [9.17, 15) is 5.26 Å². The summed E-state index contributed by atoms with van der Waals surface area (Å²) in [4.78, 5) is 2.34. The summed E-state index contributed by atoms with van der Waals surface area (Å²) >= 11 is 6.11. The molecule has 1 heterocycles. The zero-order chi connectivity index (χ0) is 13.7. The number of hydrogen-bond donors (Lipinski definition) is 1. The van der Waals surface area contributed by atoms with Crippen molar-refractivity contribution in [2.45, 2.75) is 32.2 Å². The number of nitriles is 1. The highest BCUT2D eigenvalue weighted by molar-refractivity contribution is 6.30. The van der Waals surface area contributed by atoms with E-state index >= 15 is 0 Å². The summed E-state index contributed by atoms with van der Waals surface area (Å²) in [5.41, 5.74) is 1.69. The van der Waals surface area contributed by atoms with Crippen LogP contribution >= 0.6 is 11.6 Å². The molecule has 1 aliphatic rings. The van der Waals surface area contributed by atoms with Crippen molar-refractivity contribution in [3.8, 4) is 6.07 Å². The lowest BCUT2D eigenvalue weighted by Crippen LogP contribution is -2.46. The fourth-order valence-electron chi connectivity index (χ4n) is 2.68. The summed E-state index contributed by atoms with van der Waals surface area (Å²) in [6.07, 6.45) is 3.42. The van der Waals surface area contributed by atoms with Gasteiger partial charge < -0.3 is 10.2 Å². The molecule has 2 rings (SSSR count). The highest BCUT2D eigenvalue weighted by Gasteiger charge is 2.22. The number of hydrogen-bond acceptors (Lipinski definition) is 3. The second-order valence-corrected chi connectivity index (χ2v) is 5.40. The first kappa shape index (κ1) is 14.2. The van der Waals surface area contributed by atoms with Crippen LogP contribution < -0.4 is 10.2 Å². The topological polar surface area (TPSA) is 39.1 Å². The molecule has 0 bridgehead atoms. The molecule has 1 fully saturated rings. The Morgan fingerprint density at radius 3 is 3.00 bits per heavy atom. The summed E-state index contributed by atoms with van der Waals surface area (Å²) in [6.45, 7) is 5.20. The van der Waals surface area contributed by atoms with Crippen LogP contribution in [0.4, 0.5) is 5.69 Å². The Kier molecular flexibility index (Phi) is 5.07. The Morgan fingerprint density at radius 2 is 2.37 bits per heavy atom. The van der Waals surface area contributed by atoms with Crippen molar-refractivity contribution in [3.05, 3.63) is 28.8 Å². The van der Waals surface area contributed by atoms with Gasteiger partial charge >= 0.3 is 0 Å². The predicted molar refractivity (Wildman–Crippen MR) is 79.7 cm³/mol. The van der Waals surface area contributed by atoms with Gasteiger partial charge in [-0.15, -0.1) is 0 Å². The molecule has 4 heteroatoms. The first-order valence-corrected chi connectivity index (χ1v) is 7.31. The van der Waals surface area contributed by atoms with Crippen LogP contribution in [-0.4, -0.2) is 25.7 Å². The van der Waals surface area contributed by atoms with Crippen molar-refractivity contribution in [1.82, 2.24) is 5.32 Å². The van der Waals surface area contributed by atoms with E-state index in [1.165, 1.54) is 12.8 Å². The van der Waals surface area contributed by atoms with Crippen molar-refractivity contribution < 1.29 is 0 Å². The summed E-state index contributed by atoms with van der Waals surface area (Å²) < 4.78 is 0. The van der Waals surface area contributed by atoms with Gasteiger partial charge in [0.25, 0.3) is 0 Å². The van der Waals surface area contributed by atoms with E-state index in [0.717, 1.165) is 31.7 Å². The van der Waals surface area contributed by atoms with Gasteiger partial charge in [0.1, 0.15) is 6.07 Å². The molecular formula is C15H20ClN3. The minimum absolute atomic E-state index is 0.458. The van der Waals surface area contributed by atoms with Gasteiger partial charge in [-0.05, 0) is 44.0 Å². The van der Waals surface area contributed by atoms with Gasteiger partial charge in [-0.3, -0.25) is 0 Å². The first-order chi connectivity index (χ1) is 9.26. The van der Waals surface area contributed by atoms with Gasteiger partial charge in [-0.1, -0.05) is 18.5 Å². The molecule has 102 valence electrons. The summed E-state index contributed by atoms with van der Waals surface area (Å²) in [5.74, 6) is 0. The van der Waals surface area contributed by atoms with Crippen LogP contribution in [0.2, 0.25) is 5.02 Å². The van der Waals surface area contributed by atoms with Crippen LogP contribution in [0.3, 0.4) is 0 Å². The SMILES string of the molecule is CCCN(c1cc(Cl)ccc1C#N)C1CCCNC1. The van der Waals surface area contributed by atoms with E-state index in [2.05, 4.69) is 23.2 Å². The average Bonchev–Trinajstić information content (AvgIpc) is 2.45. The number of nitrogens with zero attached hydrogens (tertiary/aromatic N) is 2. The van der Waals surface area contributed by atoms with Gasteiger partial charge in [0.15, 0.2) is 0 Å². The Labute approximate surface area is 120 Å². The molecule has 1 aromatic carbocycles. The van der Waals surface area contributed by atoms with Crippen LogP contribution in [0.15, 0.2) is 18.2 Å². The van der Waals surface area contributed by atoms with Crippen LogP contribution in [-0.2, 0) is 0 Å². The summed E-state index contributed by atoms with van der Waals surface area (Å²) in [5, 5.41) is 13.4. The molecule has 1 N–H and O–H groups in total. The first-order valence-electron chi connectivity index (χ1n) is 6.93. The van der Waals surface area contributed by atoms with Crippen LogP contribution in [0.25, 0.3) is 0 Å². The third kappa shape index (κ3) is 3.40. The molecule has 1 unspecified atom stereocenters. The molecular weight excluding hydrogens is 258 g/mol. The molecule has 0 amide bonds. The second-order valence-electron chi connectivity index (χ2n) is 4.97. The van der Waals surface area contributed by atoms with Gasteiger partial charge in [-0.25, -0.2) is 0 Å². The second kappa shape index (κ2) is 6.79. The normalized spacial score (nSPS) is 18.9. The number of benzene rings is 1. The largest absolute Gasteiger partial charge is 0.366 e. The van der Waals surface area contributed by atoms with Crippen molar-refractivity contribution in [2.24, 2.45) is 0 Å². The molecule has 3 nitrogen and oxygen atoms in total. The lowest BCUT2D eigenvalue weighted by atomic mass is 10.0. The number of anilines is 1. The number of piperidine rings is 1. The van der Waals surface area contributed by atoms with E-state index in [1.807, 2.05) is 12.1 Å². The maximum atomic E-state index is 9.29. The molecule has 0 aliphatic carbocycles. The smallest absolute Gasteiger partial charge is 0.101 e. The Hall–Kier alpha value is -1.24. The minimum atomic E-state index is 0.458. The number of nitrogens with one attached hydrogen (secondary N) is 1. The third-order valence-corrected chi connectivity index (χ3v) is 3.80. The van der Waals surface area contributed by atoms with Crippen LogP contribution in [0.1, 0.15) is 31.7 Å². The maximum absolute atomic E-state index is 9.29. The maximum Gasteiger partial charge on any atom is 0.101 e. The lowest BCUT2D eigenvalue weighted by Gasteiger charge is -2.37. The number of rotatable bonds is 4. The van der Waals surface area contributed by atoms with E-state index in [0.29, 0.717) is 16.6 Å². The molecule has 19 heavy (non-hydrogen) atoms. The van der Waals surface area contributed by atoms with Gasteiger partial charge in [0.05, 0.1) is 11.3 Å². The van der Waals surface area contributed by atoms with Crippen molar-refractivity contribution in [3.63, 3.8) is 0 Å². The fourth-order valence-corrected chi connectivity index (χ4v) is 2.84. The summed E-state index contributed by atoms with van der Waals surface area (Å²) in [7, 11) is 0. The van der Waals surface area contributed by atoms with Gasteiger partial charge in [0.2, 0.25) is 0 Å². The Balaban J connectivity index is 2.32. The molecule has 1 saturated heterocycles. The molecule has 0 spiro atoms. The lowest BCUT2D eigenvalue weighted by molar-refractivity contribution is 0.431. The Morgan fingerprint density at radius 1 is 1.53 bits per heavy atom. The van der Waals surface area contributed by atoms with Crippen molar-refractivity contribution >= 4 is 17.3 Å². The number of halogens is 1. The molecule has 1 aromatic rings. The van der Waals surface area contributed by atoms with Crippen LogP contribution in [0.5, 0.6) is 0 Å². The fraction of sp³-hybridized carbons (Fsp3) is 0.533. The van der Waals surface area contributed by atoms with Gasteiger partial charge in [-0.2, -0.15) is 5.26 Å². The molecule has 0 aromatic heterocycles. The summed E-state index contributed by atoms with van der Waals surface area (Å²) in [6, 6.07) is 8.26. The van der Waals surface area contributed by atoms with Gasteiger partial charge in [0, 0.05) is 24.2 Å². The molecule has 0 saturated carbocycles. The highest BCUT2D eigenvalue weighted by atomic mass is 35.5. The Bertz CT molecular complexity index is 461. The zero-order valence-corrected chi connectivity index (χ0v) is 12.1. The minimum Gasteiger partial charge on any atom is -0.366 e. The van der Waals surface area contributed by atoms with E-state index in [-0.39, 0.29) is 0 Å². The van der Waals surface area contributed by atoms with Crippen molar-refractivity contribution in [2.75, 3.05) is 24.5 Å². The predicted octanol–water partition coefficient (Wildman–Crippen LogP) is 3.18. The zero-order valence-electron chi connectivity index (χ0n) is 11.3. The van der Waals surface area contributed by atoms with E-state index in [4.69, 9.17) is 11.6 Å². The van der Waals surface area contributed by atoms with Crippen LogP contribution in [0, 0.1) is 11.3 Å². The van der Waals surface area contributed by atoms with Crippen molar-refractivity contribution in [1.29, 1.82) is 5.26 Å². The van der Waals surface area contributed by atoms with E-state index < -0.39 is 0 Å². The van der Waals surface area contributed by atoms with E-state index in [1.54, 1.807) is 6.07 Å². The highest BCUT2D eigenvalue weighted by Crippen LogP contribution is 2.28. The molecule has 1 aliphatic heterocycles. The third-order valence-electron chi connectivity index (χ3n) is 3.57. The monoisotopic (exact) mass is 277 g/mol. The average molecular weight is 278 g/mol. The quantitative estimate of drug-likeness (QED) is 0.919.